The lowest BCUT2D eigenvalue weighted by Gasteiger charge is -2.09. The van der Waals surface area contributed by atoms with Crippen molar-refractivity contribution in [1.29, 1.82) is 0 Å². The molecule has 2 N–H and O–H groups in total. The molecule has 2 rings (SSSR count). The maximum atomic E-state index is 12.5. The van der Waals surface area contributed by atoms with E-state index < -0.39 is 23.6 Å². The third-order valence-corrected chi connectivity index (χ3v) is 3.24. The first-order valence-corrected chi connectivity index (χ1v) is 7.19. The molecule has 0 aliphatic rings. The number of nitrogens with one attached hydrogen (secondary N) is 2. The van der Waals surface area contributed by atoms with Crippen molar-refractivity contribution in [1.82, 2.24) is 5.32 Å². The van der Waals surface area contributed by atoms with Gasteiger partial charge in [-0.25, -0.2) is 0 Å². The van der Waals surface area contributed by atoms with E-state index in [1.807, 2.05) is 0 Å². The van der Waals surface area contributed by atoms with Crippen molar-refractivity contribution in [3.63, 3.8) is 0 Å². The Morgan fingerprint density at radius 2 is 1.76 bits per heavy atom. The Kier molecular flexibility index (Phi) is 5.63. The van der Waals surface area contributed by atoms with Gasteiger partial charge in [-0.05, 0) is 42.5 Å². The molecule has 2 aromatic carbocycles. The molecule has 0 aromatic heterocycles. The fourth-order valence-corrected chi connectivity index (χ4v) is 1.97. The van der Waals surface area contributed by atoms with Gasteiger partial charge in [0, 0.05) is 11.3 Å². The van der Waals surface area contributed by atoms with Crippen LogP contribution in [0.5, 0.6) is 5.75 Å². The van der Waals surface area contributed by atoms with E-state index in [0.717, 1.165) is 24.3 Å². The zero-order valence-electron chi connectivity index (χ0n) is 13.2. The maximum Gasteiger partial charge on any atom is 0.416 e. The molecule has 0 saturated carbocycles. The summed E-state index contributed by atoms with van der Waals surface area (Å²) in [4.78, 5) is 23.7. The highest BCUT2D eigenvalue weighted by atomic mass is 19.4. The SMILES string of the molecule is COc1cccc(C(=O)NCC(=O)Nc2ccc(C(F)(F)F)cc2)c1. The van der Waals surface area contributed by atoms with E-state index in [4.69, 9.17) is 4.74 Å². The lowest BCUT2D eigenvalue weighted by Crippen LogP contribution is -2.32. The van der Waals surface area contributed by atoms with Crippen LogP contribution in [0.4, 0.5) is 18.9 Å². The van der Waals surface area contributed by atoms with Crippen molar-refractivity contribution in [2.45, 2.75) is 6.18 Å². The topological polar surface area (TPSA) is 67.4 Å². The molecule has 0 saturated heterocycles. The van der Waals surface area contributed by atoms with Gasteiger partial charge in [0.15, 0.2) is 0 Å². The number of ether oxygens (including phenoxy) is 1. The van der Waals surface area contributed by atoms with Crippen LogP contribution in [0.1, 0.15) is 15.9 Å². The zero-order chi connectivity index (χ0) is 18.4. The normalized spacial score (nSPS) is 10.9. The van der Waals surface area contributed by atoms with Crippen LogP contribution in [0.2, 0.25) is 0 Å². The molecule has 0 radical (unpaired) electrons. The van der Waals surface area contributed by atoms with E-state index in [1.54, 1.807) is 18.2 Å². The first kappa shape index (κ1) is 18.3. The lowest BCUT2D eigenvalue weighted by atomic mass is 10.2. The fraction of sp³-hybridized carbons (Fsp3) is 0.176. The summed E-state index contributed by atoms with van der Waals surface area (Å²) in [5, 5.41) is 4.82. The van der Waals surface area contributed by atoms with E-state index in [1.165, 1.54) is 13.2 Å². The second-order valence-corrected chi connectivity index (χ2v) is 5.04. The van der Waals surface area contributed by atoms with Gasteiger partial charge < -0.3 is 15.4 Å². The minimum atomic E-state index is -4.44. The number of benzene rings is 2. The average Bonchev–Trinajstić information content (AvgIpc) is 2.59. The first-order valence-electron chi connectivity index (χ1n) is 7.19. The van der Waals surface area contributed by atoms with Crippen LogP contribution in [0.25, 0.3) is 0 Å². The van der Waals surface area contributed by atoms with Crippen LogP contribution in [0, 0.1) is 0 Å². The van der Waals surface area contributed by atoms with Crippen LogP contribution in [0.3, 0.4) is 0 Å². The summed E-state index contributed by atoms with van der Waals surface area (Å²) in [6.45, 7) is -0.322. The second kappa shape index (κ2) is 7.69. The predicted octanol–water partition coefficient (Wildman–Crippen LogP) is 3.08. The number of hydrogen-bond acceptors (Lipinski definition) is 3. The molecule has 0 heterocycles. The predicted molar refractivity (Wildman–Crippen MR) is 85.4 cm³/mol. The van der Waals surface area contributed by atoms with E-state index in [-0.39, 0.29) is 12.2 Å². The summed E-state index contributed by atoms with van der Waals surface area (Å²) in [7, 11) is 1.47. The van der Waals surface area contributed by atoms with Gasteiger partial charge in [-0.1, -0.05) is 6.07 Å². The minimum absolute atomic E-state index is 0.202. The number of halogens is 3. The van der Waals surface area contributed by atoms with E-state index >= 15 is 0 Å². The van der Waals surface area contributed by atoms with Crippen LogP contribution < -0.4 is 15.4 Å². The molecule has 132 valence electrons. The van der Waals surface area contributed by atoms with Gasteiger partial charge in [0.25, 0.3) is 5.91 Å². The van der Waals surface area contributed by atoms with Crippen LogP contribution in [-0.2, 0) is 11.0 Å². The standard InChI is InChI=1S/C17H15F3N2O3/c1-25-14-4-2-3-11(9-14)16(24)21-10-15(23)22-13-7-5-12(6-8-13)17(18,19)20/h2-9H,10H2,1H3,(H,21,24)(H,22,23). The molecule has 2 aromatic rings. The first-order chi connectivity index (χ1) is 11.8. The molecule has 0 bridgehead atoms. The largest absolute Gasteiger partial charge is 0.497 e. The number of rotatable bonds is 5. The molecule has 0 aliphatic heterocycles. The van der Waals surface area contributed by atoms with Gasteiger partial charge in [0.2, 0.25) is 5.91 Å². The van der Waals surface area contributed by atoms with Crippen molar-refractivity contribution in [2.75, 3.05) is 19.0 Å². The van der Waals surface area contributed by atoms with Gasteiger partial charge >= 0.3 is 6.18 Å². The van der Waals surface area contributed by atoms with Gasteiger partial charge in [-0.2, -0.15) is 13.2 Å². The van der Waals surface area contributed by atoms with Crippen molar-refractivity contribution in [2.24, 2.45) is 0 Å². The molecule has 0 aliphatic carbocycles. The number of alkyl halides is 3. The quantitative estimate of drug-likeness (QED) is 0.869. The highest BCUT2D eigenvalue weighted by Gasteiger charge is 2.29. The minimum Gasteiger partial charge on any atom is -0.497 e. The van der Waals surface area contributed by atoms with E-state index in [0.29, 0.717) is 11.3 Å². The number of methoxy groups -OCH3 is 1. The third-order valence-electron chi connectivity index (χ3n) is 3.24. The monoisotopic (exact) mass is 352 g/mol. The van der Waals surface area contributed by atoms with Gasteiger partial charge in [-0.15, -0.1) is 0 Å². The fourth-order valence-electron chi connectivity index (χ4n) is 1.97. The summed E-state index contributed by atoms with van der Waals surface area (Å²) in [6, 6.07) is 10.4. The summed E-state index contributed by atoms with van der Waals surface area (Å²) in [6.07, 6.45) is -4.44. The summed E-state index contributed by atoms with van der Waals surface area (Å²) in [5.74, 6) is -0.528. The third kappa shape index (κ3) is 5.23. The van der Waals surface area contributed by atoms with Crippen LogP contribution >= 0.6 is 0 Å². The van der Waals surface area contributed by atoms with Gasteiger partial charge in [0.05, 0.1) is 19.2 Å². The smallest absolute Gasteiger partial charge is 0.416 e. The molecule has 25 heavy (non-hydrogen) atoms. The molecule has 8 heteroatoms. The van der Waals surface area contributed by atoms with Crippen molar-refractivity contribution in [3.05, 3.63) is 59.7 Å². The van der Waals surface area contributed by atoms with Crippen molar-refractivity contribution < 1.29 is 27.5 Å². The van der Waals surface area contributed by atoms with Crippen molar-refractivity contribution in [3.8, 4) is 5.75 Å². The van der Waals surface area contributed by atoms with Crippen LogP contribution in [-0.4, -0.2) is 25.5 Å². The Hall–Kier alpha value is -3.03. The second-order valence-electron chi connectivity index (χ2n) is 5.04. The van der Waals surface area contributed by atoms with E-state index in [9.17, 15) is 22.8 Å². The van der Waals surface area contributed by atoms with Gasteiger partial charge in [0.1, 0.15) is 5.75 Å². The van der Waals surface area contributed by atoms with Crippen LogP contribution in [0.15, 0.2) is 48.5 Å². The molecule has 0 unspecified atom stereocenters. The molecule has 0 fully saturated rings. The number of carbonyl (C=O) groups is 2. The Morgan fingerprint density at radius 3 is 2.36 bits per heavy atom. The highest BCUT2D eigenvalue weighted by Crippen LogP contribution is 2.29. The van der Waals surface area contributed by atoms with Crippen molar-refractivity contribution >= 4 is 17.5 Å². The molecular formula is C17H15F3N2O3. The molecule has 5 nitrogen and oxygen atoms in total. The van der Waals surface area contributed by atoms with Gasteiger partial charge in [-0.3, -0.25) is 9.59 Å². The number of hydrogen-bond donors (Lipinski definition) is 2. The Bertz CT molecular complexity index is 758. The summed E-state index contributed by atoms with van der Waals surface area (Å²) in [5.41, 5.74) is -0.285. The molecule has 2 amide bonds. The summed E-state index contributed by atoms with van der Waals surface area (Å²) < 4.78 is 42.4. The molecular weight excluding hydrogens is 337 g/mol. The average molecular weight is 352 g/mol. The number of amides is 2. The lowest BCUT2D eigenvalue weighted by molar-refractivity contribution is -0.137. The summed E-state index contributed by atoms with van der Waals surface area (Å²) >= 11 is 0. The maximum absolute atomic E-state index is 12.5. The Labute approximate surface area is 141 Å². The highest BCUT2D eigenvalue weighted by molar-refractivity contribution is 5.99. The number of carbonyl (C=O) groups excluding carboxylic acids is 2. The zero-order valence-corrected chi connectivity index (χ0v) is 13.2. The Morgan fingerprint density at radius 1 is 1.08 bits per heavy atom. The Balaban J connectivity index is 1.89. The molecule has 0 spiro atoms. The molecule has 0 atom stereocenters. The number of anilines is 1. The van der Waals surface area contributed by atoms with E-state index in [2.05, 4.69) is 10.6 Å².